The van der Waals surface area contributed by atoms with Gasteiger partial charge in [0.05, 0.1) is 12.8 Å². The van der Waals surface area contributed by atoms with Gasteiger partial charge in [0.15, 0.2) is 0 Å². The molecule has 1 fully saturated rings. The molecule has 6 nitrogen and oxygen atoms in total. The smallest absolute Gasteiger partial charge is 0.251 e. The molecular weight excluding hydrogens is 390 g/mol. The molecule has 2 aromatic carbocycles. The van der Waals surface area contributed by atoms with Crippen LogP contribution in [0.15, 0.2) is 60.9 Å². The molecule has 1 heterocycles. The number of carbonyl (C=O) groups is 1. The summed E-state index contributed by atoms with van der Waals surface area (Å²) in [5.41, 5.74) is 2.18. The van der Waals surface area contributed by atoms with Crippen LogP contribution in [0.3, 0.4) is 0 Å². The lowest BCUT2D eigenvalue weighted by Gasteiger charge is -2.16. The van der Waals surface area contributed by atoms with E-state index in [1.165, 1.54) is 32.0 Å². The van der Waals surface area contributed by atoms with Crippen molar-refractivity contribution >= 4 is 5.91 Å². The summed E-state index contributed by atoms with van der Waals surface area (Å²) in [5, 5.41) is 3.20. The number of rotatable bonds is 6. The quantitative estimate of drug-likeness (QED) is 0.544. The molecule has 1 aliphatic rings. The molecule has 31 heavy (non-hydrogen) atoms. The van der Waals surface area contributed by atoms with E-state index in [0.29, 0.717) is 22.9 Å². The normalized spacial score (nSPS) is 14.5. The van der Waals surface area contributed by atoms with Crippen molar-refractivity contribution in [3.05, 3.63) is 66.5 Å². The lowest BCUT2D eigenvalue weighted by atomic mass is 10.1. The topological polar surface area (TPSA) is 73.3 Å². The van der Waals surface area contributed by atoms with Crippen LogP contribution >= 0.6 is 0 Å². The highest BCUT2D eigenvalue weighted by atomic mass is 16.5. The zero-order valence-electron chi connectivity index (χ0n) is 17.7. The second-order valence-corrected chi connectivity index (χ2v) is 7.76. The minimum atomic E-state index is -0.0301. The predicted octanol–water partition coefficient (Wildman–Crippen LogP) is 5.40. The molecule has 1 saturated carbocycles. The van der Waals surface area contributed by atoms with Gasteiger partial charge in [-0.1, -0.05) is 37.8 Å². The van der Waals surface area contributed by atoms with E-state index in [4.69, 9.17) is 9.47 Å². The molecule has 0 bridgehead atoms. The maximum Gasteiger partial charge on any atom is 0.251 e. The molecule has 3 aromatic rings. The summed E-state index contributed by atoms with van der Waals surface area (Å²) in [5.74, 6) is 1.82. The van der Waals surface area contributed by atoms with Crippen LogP contribution < -0.4 is 14.8 Å². The highest BCUT2D eigenvalue weighted by Gasteiger charge is 2.16. The lowest BCUT2D eigenvalue weighted by Crippen LogP contribution is -2.34. The van der Waals surface area contributed by atoms with Gasteiger partial charge in [-0.05, 0) is 49.2 Å². The molecule has 0 saturated heterocycles. The maximum absolute atomic E-state index is 12.8. The minimum absolute atomic E-state index is 0.0301. The van der Waals surface area contributed by atoms with E-state index in [9.17, 15) is 4.79 Å². The van der Waals surface area contributed by atoms with Gasteiger partial charge < -0.3 is 14.8 Å². The number of ether oxygens (including phenoxy) is 2. The van der Waals surface area contributed by atoms with Crippen molar-refractivity contribution in [2.24, 2.45) is 0 Å². The third-order valence-electron chi connectivity index (χ3n) is 5.53. The molecular formula is C25H27N3O3. The van der Waals surface area contributed by atoms with Crippen LogP contribution in [0.4, 0.5) is 0 Å². The Morgan fingerprint density at radius 2 is 1.68 bits per heavy atom. The Morgan fingerprint density at radius 3 is 2.42 bits per heavy atom. The molecule has 0 unspecified atom stereocenters. The molecule has 0 spiro atoms. The van der Waals surface area contributed by atoms with Crippen molar-refractivity contribution in [2.75, 3.05) is 7.11 Å². The third kappa shape index (κ3) is 5.60. The van der Waals surface area contributed by atoms with E-state index in [0.717, 1.165) is 24.2 Å². The highest BCUT2D eigenvalue weighted by Crippen LogP contribution is 2.26. The Balaban J connectivity index is 1.47. The van der Waals surface area contributed by atoms with Gasteiger partial charge in [-0.2, -0.15) is 0 Å². The fourth-order valence-corrected chi connectivity index (χ4v) is 3.83. The van der Waals surface area contributed by atoms with Gasteiger partial charge in [0, 0.05) is 23.2 Å². The zero-order chi connectivity index (χ0) is 21.5. The van der Waals surface area contributed by atoms with Gasteiger partial charge in [0.25, 0.3) is 5.91 Å². The predicted molar refractivity (Wildman–Crippen MR) is 119 cm³/mol. The monoisotopic (exact) mass is 417 g/mol. The Labute approximate surface area is 182 Å². The Bertz CT molecular complexity index is 1010. The standard InChI is InChI=1S/C25H27N3O3/c1-30-21-11-13-22(14-12-21)31-24-16-23(26-17-27-24)18-7-6-8-19(15-18)25(29)28-20-9-4-2-3-5-10-20/h6-8,11-17,20H,2-5,9-10H2,1H3,(H,28,29). The number of aromatic nitrogens is 2. The lowest BCUT2D eigenvalue weighted by molar-refractivity contribution is 0.0933. The van der Waals surface area contributed by atoms with Gasteiger partial charge in [0.2, 0.25) is 5.88 Å². The number of amides is 1. The van der Waals surface area contributed by atoms with Gasteiger partial charge in [-0.25, -0.2) is 9.97 Å². The number of nitrogens with one attached hydrogen (secondary N) is 1. The molecule has 160 valence electrons. The van der Waals surface area contributed by atoms with Crippen LogP contribution in [0, 0.1) is 0 Å². The van der Waals surface area contributed by atoms with Crippen LogP contribution in [0.1, 0.15) is 48.9 Å². The molecule has 1 aromatic heterocycles. The SMILES string of the molecule is COc1ccc(Oc2cc(-c3cccc(C(=O)NC4CCCCCC4)c3)ncn2)cc1. The highest BCUT2D eigenvalue weighted by molar-refractivity contribution is 5.95. The number of hydrogen-bond acceptors (Lipinski definition) is 5. The molecule has 1 amide bonds. The van der Waals surface area contributed by atoms with E-state index in [1.54, 1.807) is 13.2 Å². The molecule has 0 radical (unpaired) electrons. The first-order valence-electron chi connectivity index (χ1n) is 10.8. The van der Waals surface area contributed by atoms with Crippen LogP contribution in [0.5, 0.6) is 17.4 Å². The Morgan fingerprint density at radius 1 is 0.935 bits per heavy atom. The summed E-state index contributed by atoms with van der Waals surface area (Å²) in [4.78, 5) is 21.4. The summed E-state index contributed by atoms with van der Waals surface area (Å²) >= 11 is 0. The van der Waals surface area contributed by atoms with E-state index in [1.807, 2.05) is 48.5 Å². The summed E-state index contributed by atoms with van der Waals surface area (Å²) in [6, 6.07) is 16.8. The van der Waals surface area contributed by atoms with Crippen molar-refractivity contribution in [3.63, 3.8) is 0 Å². The first-order valence-corrected chi connectivity index (χ1v) is 10.8. The average Bonchev–Trinajstić information content (AvgIpc) is 3.08. The maximum atomic E-state index is 12.8. The molecule has 1 aliphatic carbocycles. The van der Waals surface area contributed by atoms with Crippen LogP contribution in [-0.4, -0.2) is 29.0 Å². The van der Waals surface area contributed by atoms with Gasteiger partial charge in [0.1, 0.15) is 17.8 Å². The summed E-state index contributed by atoms with van der Waals surface area (Å²) in [6.07, 6.45) is 8.47. The Kier molecular flexibility index (Phi) is 6.77. The largest absolute Gasteiger partial charge is 0.497 e. The van der Waals surface area contributed by atoms with E-state index in [2.05, 4.69) is 15.3 Å². The average molecular weight is 418 g/mol. The Hall–Kier alpha value is -3.41. The van der Waals surface area contributed by atoms with E-state index < -0.39 is 0 Å². The fraction of sp³-hybridized carbons (Fsp3) is 0.320. The van der Waals surface area contributed by atoms with Crippen molar-refractivity contribution < 1.29 is 14.3 Å². The minimum Gasteiger partial charge on any atom is -0.497 e. The summed E-state index contributed by atoms with van der Waals surface area (Å²) < 4.78 is 11.0. The number of benzene rings is 2. The van der Waals surface area contributed by atoms with Crippen LogP contribution in [0.25, 0.3) is 11.3 Å². The van der Waals surface area contributed by atoms with Gasteiger partial charge >= 0.3 is 0 Å². The third-order valence-corrected chi connectivity index (χ3v) is 5.53. The van der Waals surface area contributed by atoms with Gasteiger partial charge in [-0.15, -0.1) is 0 Å². The number of hydrogen-bond donors (Lipinski definition) is 1. The molecule has 6 heteroatoms. The van der Waals surface area contributed by atoms with E-state index >= 15 is 0 Å². The van der Waals surface area contributed by atoms with Crippen LogP contribution in [0.2, 0.25) is 0 Å². The van der Waals surface area contributed by atoms with Crippen molar-refractivity contribution in [3.8, 4) is 28.6 Å². The number of methoxy groups -OCH3 is 1. The number of nitrogens with zero attached hydrogens (tertiary/aromatic N) is 2. The molecule has 0 atom stereocenters. The fourth-order valence-electron chi connectivity index (χ4n) is 3.83. The van der Waals surface area contributed by atoms with Crippen molar-refractivity contribution in [2.45, 2.75) is 44.6 Å². The van der Waals surface area contributed by atoms with Gasteiger partial charge in [-0.3, -0.25) is 4.79 Å². The first-order chi connectivity index (χ1) is 15.2. The summed E-state index contributed by atoms with van der Waals surface area (Å²) in [7, 11) is 1.62. The summed E-state index contributed by atoms with van der Waals surface area (Å²) in [6.45, 7) is 0. The second kappa shape index (κ2) is 10.1. The molecule has 1 N–H and O–H groups in total. The van der Waals surface area contributed by atoms with Crippen molar-refractivity contribution in [1.29, 1.82) is 0 Å². The molecule has 4 rings (SSSR count). The second-order valence-electron chi connectivity index (χ2n) is 7.76. The zero-order valence-corrected chi connectivity index (χ0v) is 17.7. The van der Waals surface area contributed by atoms with E-state index in [-0.39, 0.29) is 11.9 Å². The number of carbonyl (C=O) groups excluding carboxylic acids is 1. The molecule has 0 aliphatic heterocycles. The van der Waals surface area contributed by atoms with Crippen LogP contribution in [-0.2, 0) is 0 Å². The first kappa shape index (κ1) is 20.8. The van der Waals surface area contributed by atoms with Crippen molar-refractivity contribution in [1.82, 2.24) is 15.3 Å².